The van der Waals surface area contributed by atoms with Crippen LogP contribution < -0.4 is 0 Å². The molecule has 0 unspecified atom stereocenters. The van der Waals surface area contributed by atoms with Gasteiger partial charge >= 0.3 is 0 Å². The molecule has 3 aromatic rings. The van der Waals surface area contributed by atoms with Gasteiger partial charge in [0.1, 0.15) is 12.2 Å². The number of benzene rings is 3. The summed E-state index contributed by atoms with van der Waals surface area (Å²) in [4.78, 5) is 0. The number of aliphatic hydroxyl groups excluding tert-OH is 3. The Morgan fingerprint density at radius 1 is 0.968 bits per heavy atom. The highest BCUT2D eigenvalue weighted by molar-refractivity contribution is 6.36. The van der Waals surface area contributed by atoms with E-state index in [9.17, 15) is 15.3 Å². The number of aliphatic hydroxyl groups is 3. The van der Waals surface area contributed by atoms with Crippen molar-refractivity contribution in [1.82, 2.24) is 0 Å². The lowest BCUT2D eigenvalue weighted by molar-refractivity contribution is -0.179. The van der Waals surface area contributed by atoms with Crippen molar-refractivity contribution in [2.24, 2.45) is 0 Å². The second-order valence-corrected chi connectivity index (χ2v) is 9.21. The first kappa shape index (κ1) is 20.9. The van der Waals surface area contributed by atoms with E-state index in [0.717, 1.165) is 27.8 Å². The molecule has 0 spiro atoms. The van der Waals surface area contributed by atoms with E-state index in [1.807, 2.05) is 30.3 Å². The number of hydrogen-bond acceptors (Lipinski definition) is 4. The van der Waals surface area contributed by atoms with Crippen LogP contribution in [-0.4, -0.2) is 40.2 Å². The summed E-state index contributed by atoms with van der Waals surface area (Å²) in [5, 5.41) is 33.1. The van der Waals surface area contributed by atoms with Gasteiger partial charge in [0.25, 0.3) is 0 Å². The Morgan fingerprint density at radius 3 is 2.35 bits per heavy atom. The average molecular weight is 439 g/mol. The number of halogens is 1. The molecule has 4 nitrogen and oxygen atoms in total. The van der Waals surface area contributed by atoms with Crippen molar-refractivity contribution in [2.75, 3.05) is 6.61 Å². The second kappa shape index (κ2) is 8.53. The molecule has 0 amide bonds. The summed E-state index contributed by atoms with van der Waals surface area (Å²) in [5.41, 5.74) is 4.31. The van der Waals surface area contributed by atoms with Crippen LogP contribution in [0.15, 0.2) is 54.6 Å². The maximum absolute atomic E-state index is 10.7. The van der Waals surface area contributed by atoms with Crippen molar-refractivity contribution in [1.29, 1.82) is 0 Å². The summed E-state index contributed by atoms with van der Waals surface area (Å²) >= 11 is 6.82. The van der Waals surface area contributed by atoms with Crippen LogP contribution >= 0.6 is 11.6 Å². The van der Waals surface area contributed by atoms with Crippen molar-refractivity contribution in [3.63, 3.8) is 0 Å². The van der Waals surface area contributed by atoms with Gasteiger partial charge in [-0.05, 0) is 52.8 Å². The average Bonchev–Trinajstić information content (AvgIpc) is 3.64. The van der Waals surface area contributed by atoms with E-state index >= 15 is 0 Å². The zero-order chi connectivity index (χ0) is 21.5. The minimum atomic E-state index is -1.07. The molecule has 2 aliphatic rings. The molecule has 1 saturated carbocycles. The van der Waals surface area contributed by atoms with Crippen molar-refractivity contribution in [3.8, 4) is 0 Å². The minimum absolute atomic E-state index is 0.202. The van der Waals surface area contributed by atoms with Gasteiger partial charge in [-0.1, -0.05) is 66.2 Å². The first-order valence-corrected chi connectivity index (χ1v) is 11.3. The molecule has 2 fully saturated rings. The Labute approximate surface area is 187 Å². The van der Waals surface area contributed by atoms with Gasteiger partial charge in [-0.3, -0.25) is 0 Å². The molecule has 1 heterocycles. The van der Waals surface area contributed by atoms with Crippen LogP contribution in [0, 0.1) is 0 Å². The number of fused-ring (bicyclic) bond motifs is 1. The number of hydrogen-bond donors (Lipinski definition) is 3. The van der Waals surface area contributed by atoms with Crippen molar-refractivity contribution in [2.45, 2.75) is 56.0 Å². The van der Waals surface area contributed by atoms with E-state index in [1.165, 1.54) is 24.0 Å². The molecule has 4 atom stereocenters. The quantitative estimate of drug-likeness (QED) is 0.548. The molecule has 0 aromatic heterocycles. The maximum atomic E-state index is 10.7. The van der Waals surface area contributed by atoms with E-state index < -0.39 is 24.4 Å². The van der Waals surface area contributed by atoms with Gasteiger partial charge in [0.15, 0.2) is 0 Å². The van der Waals surface area contributed by atoms with Crippen LogP contribution in [-0.2, 0) is 11.2 Å². The normalized spacial score (nSPS) is 26.3. The van der Waals surface area contributed by atoms with E-state index in [0.29, 0.717) is 11.4 Å². The van der Waals surface area contributed by atoms with Gasteiger partial charge in [0.05, 0.1) is 23.8 Å². The zero-order valence-corrected chi connectivity index (χ0v) is 18.0. The fourth-order valence-electron chi connectivity index (χ4n) is 4.67. The van der Waals surface area contributed by atoms with E-state index in [2.05, 4.69) is 24.3 Å². The molecule has 1 saturated heterocycles. The Bertz CT molecular complexity index is 1080. The van der Waals surface area contributed by atoms with Crippen molar-refractivity contribution >= 4 is 22.4 Å². The van der Waals surface area contributed by atoms with Crippen LogP contribution in [0.4, 0.5) is 0 Å². The summed E-state index contributed by atoms with van der Waals surface area (Å²) < 4.78 is 6.00. The highest BCUT2D eigenvalue weighted by Crippen LogP contribution is 2.41. The SMILES string of the molecule is OC[C@@H]1C[C@H](O)[C@@H](O)[C@H](c2cc(Cc3ccc(C4CC4)cc3)c(Cl)c3ccccc23)O1. The third-order valence-corrected chi connectivity index (χ3v) is 7.01. The summed E-state index contributed by atoms with van der Waals surface area (Å²) in [6.07, 6.45) is 0.154. The molecule has 3 aromatic carbocycles. The monoisotopic (exact) mass is 438 g/mol. The summed E-state index contributed by atoms with van der Waals surface area (Å²) in [6.45, 7) is -0.202. The second-order valence-electron chi connectivity index (χ2n) is 8.83. The topological polar surface area (TPSA) is 69.9 Å². The van der Waals surface area contributed by atoms with Crippen LogP contribution in [0.25, 0.3) is 10.8 Å². The lowest BCUT2D eigenvalue weighted by Crippen LogP contribution is -2.44. The van der Waals surface area contributed by atoms with Gasteiger partial charge in [-0.2, -0.15) is 0 Å². The van der Waals surface area contributed by atoms with Gasteiger partial charge in [0, 0.05) is 11.8 Å². The lowest BCUT2D eigenvalue weighted by atomic mass is 9.88. The number of rotatable bonds is 5. The molecule has 0 radical (unpaired) electrons. The van der Waals surface area contributed by atoms with E-state index in [4.69, 9.17) is 16.3 Å². The molecular weight excluding hydrogens is 412 g/mol. The van der Waals surface area contributed by atoms with Crippen molar-refractivity contribution in [3.05, 3.63) is 81.9 Å². The fraction of sp³-hybridized carbons (Fsp3) is 0.385. The van der Waals surface area contributed by atoms with Crippen LogP contribution in [0.1, 0.15) is 53.5 Å². The van der Waals surface area contributed by atoms with Gasteiger partial charge in [-0.15, -0.1) is 0 Å². The third kappa shape index (κ3) is 4.11. The van der Waals surface area contributed by atoms with Crippen LogP contribution in [0.2, 0.25) is 5.02 Å². The molecule has 31 heavy (non-hydrogen) atoms. The lowest BCUT2D eigenvalue weighted by Gasteiger charge is -2.37. The van der Waals surface area contributed by atoms with Gasteiger partial charge < -0.3 is 20.1 Å². The highest BCUT2D eigenvalue weighted by Gasteiger charge is 2.38. The van der Waals surface area contributed by atoms with Crippen LogP contribution in [0.3, 0.4) is 0 Å². The highest BCUT2D eigenvalue weighted by atomic mass is 35.5. The smallest absolute Gasteiger partial charge is 0.112 e. The molecule has 0 bridgehead atoms. The molecule has 3 N–H and O–H groups in total. The number of ether oxygens (including phenoxy) is 1. The predicted octanol–water partition coefficient (Wildman–Crippen LogP) is 4.51. The molecule has 5 rings (SSSR count). The molecule has 1 aliphatic heterocycles. The Hall–Kier alpha value is -1.95. The van der Waals surface area contributed by atoms with Gasteiger partial charge in [0.2, 0.25) is 0 Å². The molecule has 162 valence electrons. The molecule has 5 heteroatoms. The maximum Gasteiger partial charge on any atom is 0.112 e. The molecule has 1 aliphatic carbocycles. The summed E-state index contributed by atoms with van der Waals surface area (Å²) in [5.74, 6) is 0.723. The fourth-order valence-corrected chi connectivity index (χ4v) is 4.95. The Morgan fingerprint density at radius 2 is 1.68 bits per heavy atom. The predicted molar refractivity (Wildman–Crippen MR) is 122 cm³/mol. The minimum Gasteiger partial charge on any atom is -0.394 e. The van der Waals surface area contributed by atoms with Gasteiger partial charge in [-0.25, -0.2) is 0 Å². The first-order chi connectivity index (χ1) is 15.0. The van der Waals surface area contributed by atoms with Crippen LogP contribution in [0.5, 0.6) is 0 Å². The largest absolute Gasteiger partial charge is 0.394 e. The summed E-state index contributed by atoms with van der Waals surface area (Å²) in [7, 11) is 0. The standard InChI is InChI=1S/C26H27ClO4/c27-24-18(11-15-5-7-16(8-6-15)17-9-10-17)12-22(20-3-1-2-4-21(20)24)26-25(30)23(29)13-19(14-28)31-26/h1-8,12,17,19,23,25-26,28-30H,9-11,13-14H2/t19-,23-,25+,26-/m0/s1. The van der Waals surface area contributed by atoms with Crippen molar-refractivity contribution < 1.29 is 20.1 Å². The third-order valence-electron chi connectivity index (χ3n) is 6.57. The summed E-state index contributed by atoms with van der Waals surface area (Å²) in [6, 6.07) is 18.5. The first-order valence-electron chi connectivity index (χ1n) is 11.0. The van der Waals surface area contributed by atoms with E-state index in [-0.39, 0.29) is 13.0 Å². The van der Waals surface area contributed by atoms with E-state index in [1.54, 1.807) is 0 Å². The Kier molecular flexibility index (Phi) is 5.76. The Balaban J connectivity index is 1.55. The zero-order valence-electron chi connectivity index (χ0n) is 17.2. The molecular formula is C26H27ClO4.